The van der Waals surface area contributed by atoms with Crippen LogP contribution < -0.4 is 15.5 Å². The van der Waals surface area contributed by atoms with Gasteiger partial charge in [-0.05, 0) is 51.5 Å². The van der Waals surface area contributed by atoms with E-state index in [9.17, 15) is 14.7 Å². The molecule has 0 radical (unpaired) electrons. The van der Waals surface area contributed by atoms with Crippen molar-refractivity contribution in [3.63, 3.8) is 0 Å². The number of aliphatic hydroxyl groups is 1. The largest absolute Gasteiger partial charge is 0.381 e. The molecule has 5 rings (SSSR count). The maximum Gasteiger partial charge on any atom is 0.324 e. The smallest absolute Gasteiger partial charge is 0.324 e. The van der Waals surface area contributed by atoms with Gasteiger partial charge in [0, 0.05) is 43.0 Å². The summed E-state index contributed by atoms with van der Waals surface area (Å²) >= 11 is 0. The van der Waals surface area contributed by atoms with Crippen molar-refractivity contribution in [2.75, 3.05) is 41.8 Å². The molecule has 1 atom stereocenters. The monoisotopic (exact) mass is 534 g/mol. The van der Waals surface area contributed by atoms with Gasteiger partial charge in [0.05, 0.1) is 37.7 Å². The average molecular weight is 535 g/mol. The number of aromatic nitrogens is 4. The molecule has 1 unspecified atom stereocenters. The molecule has 3 amide bonds. The van der Waals surface area contributed by atoms with E-state index in [2.05, 4.69) is 27.6 Å². The van der Waals surface area contributed by atoms with Gasteiger partial charge in [0.25, 0.3) is 5.91 Å². The van der Waals surface area contributed by atoms with Crippen LogP contribution in [-0.2, 0) is 29.5 Å². The lowest BCUT2D eigenvalue weighted by molar-refractivity contribution is -0.148. The Morgan fingerprint density at radius 3 is 2.54 bits per heavy atom. The predicted octanol–water partition coefficient (Wildman–Crippen LogP) is 2.40. The van der Waals surface area contributed by atoms with Crippen molar-refractivity contribution in [2.45, 2.75) is 45.4 Å². The van der Waals surface area contributed by atoms with Crippen molar-refractivity contribution in [2.24, 2.45) is 7.05 Å². The third-order valence-corrected chi connectivity index (χ3v) is 6.96. The van der Waals surface area contributed by atoms with Crippen LogP contribution in [0.25, 0.3) is 11.4 Å². The number of nitrogens with zero attached hydrogens (tertiary/aromatic N) is 6. The Hall–Kier alpha value is -4.03. The maximum absolute atomic E-state index is 12.8. The lowest BCUT2D eigenvalue weighted by Crippen LogP contribution is -2.48. The highest BCUT2D eigenvalue weighted by molar-refractivity contribution is 5.99. The van der Waals surface area contributed by atoms with Gasteiger partial charge >= 0.3 is 6.03 Å². The Morgan fingerprint density at radius 2 is 1.87 bits per heavy atom. The lowest BCUT2D eigenvalue weighted by Gasteiger charge is -2.38. The zero-order chi connectivity index (χ0) is 27.7. The summed E-state index contributed by atoms with van der Waals surface area (Å²) in [5, 5.41) is 19.9. The molecule has 2 aliphatic heterocycles. The molecule has 2 aliphatic rings. The summed E-state index contributed by atoms with van der Waals surface area (Å²) in [7, 11) is 1.74. The number of hydrogen-bond acceptors (Lipinski definition) is 8. The van der Waals surface area contributed by atoms with Crippen molar-refractivity contribution >= 4 is 29.3 Å². The minimum atomic E-state index is -1.46. The minimum absolute atomic E-state index is 0.145. The molecule has 0 spiro atoms. The van der Waals surface area contributed by atoms with Crippen molar-refractivity contribution < 1.29 is 19.4 Å². The molecule has 206 valence electrons. The number of carbonyl (C=O) groups excluding carboxylic acids is 2. The molecule has 3 N–H and O–H groups in total. The Balaban J connectivity index is 1.42. The number of morpholine rings is 1. The second kappa shape index (κ2) is 10.6. The first-order valence-corrected chi connectivity index (χ1v) is 13.0. The Labute approximate surface area is 227 Å². The van der Waals surface area contributed by atoms with Crippen LogP contribution in [0.2, 0.25) is 0 Å². The van der Waals surface area contributed by atoms with E-state index in [1.165, 1.54) is 13.8 Å². The first-order chi connectivity index (χ1) is 18.6. The number of ether oxygens (including phenoxy) is 1. The second-order valence-corrected chi connectivity index (χ2v) is 10.4. The van der Waals surface area contributed by atoms with Crippen LogP contribution in [0.3, 0.4) is 0 Å². The zero-order valence-electron chi connectivity index (χ0n) is 22.6. The minimum Gasteiger partial charge on any atom is -0.381 e. The number of benzene rings is 1. The van der Waals surface area contributed by atoms with E-state index in [1.54, 1.807) is 41.0 Å². The number of fused-ring (bicyclic) bond motifs is 1. The quantitative estimate of drug-likeness (QED) is 0.454. The number of urea groups is 1. The third-order valence-electron chi connectivity index (χ3n) is 6.96. The third kappa shape index (κ3) is 5.71. The molecule has 0 aliphatic carbocycles. The maximum atomic E-state index is 12.8. The summed E-state index contributed by atoms with van der Waals surface area (Å²) in [6.07, 6.45) is 2.21. The molecular weight excluding hydrogens is 500 g/mol. The van der Waals surface area contributed by atoms with Crippen molar-refractivity contribution in [3.05, 3.63) is 47.8 Å². The Kier molecular flexibility index (Phi) is 7.23. The summed E-state index contributed by atoms with van der Waals surface area (Å²) < 4.78 is 7.22. The van der Waals surface area contributed by atoms with Crippen LogP contribution in [0, 0.1) is 0 Å². The molecule has 0 saturated carbocycles. The van der Waals surface area contributed by atoms with Crippen LogP contribution >= 0.6 is 0 Å². The molecule has 1 fully saturated rings. The van der Waals surface area contributed by atoms with E-state index in [0.717, 1.165) is 22.6 Å². The van der Waals surface area contributed by atoms with Gasteiger partial charge in [-0.2, -0.15) is 5.10 Å². The summed E-state index contributed by atoms with van der Waals surface area (Å²) in [4.78, 5) is 39.0. The zero-order valence-corrected chi connectivity index (χ0v) is 22.6. The number of anilines is 3. The highest BCUT2D eigenvalue weighted by Crippen LogP contribution is 2.32. The van der Waals surface area contributed by atoms with E-state index in [0.29, 0.717) is 56.6 Å². The van der Waals surface area contributed by atoms with E-state index in [1.807, 2.05) is 12.1 Å². The van der Waals surface area contributed by atoms with Crippen molar-refractivity contribution in [3.8, 4) is 11.4 Å². The number of hydrogen-bond donors (Lipinski definition) is 3. The SMILES string of the molecule is CC1COCCN1c1nc(-c2ccc(NC(=O)Nc3ccnn3C)cc2)nc2c1CCN(C(=O)C(C)(C)O)C2. The lowest BCUT2D eigenvalue weighted by atomic mass is 10.0. The molecule has 4 heterocycles. The molecule has 0 bridgehead atoms. The van der Waals surface area contributed by atoms with Crippen LogP contribution in [0.15, 0.2) is 36.5 Å². The predicted molar refractivity (Wildman–Crippen MR) is 146 cm³/mol. The normalized spacial score (nSPS) is 17.5. The number of amides is 3. The highest BCUT2D eigenvalue weighted by atomic mass is 16.5. The number of aryl methyl sites for hydroxylation is 1. The molecule has 2 aromatic heterocycles. The van der Waals surface area contributed by atoms with Crippen LogP contribution in [0.1, 0.15) is 32.0 Å². The van der Waals surface area contributed by atoms with Gasteiger partial charge in [-0.25, -0.2) is 14.8 Å². The number of carbonyl (C=O) groups is 2. The second-order valence-electron chi connectivity index (χ2n) is 10.4. The van der Waals surface area contributed by atoms with Gasteiger partial charge < -0.3 is 25.0 Å². The molecule has 1 aromatic carbocycles. The van der Waals surface area contributed by atoms with Gasteiger partial charge in [0.1, 0.15) is 17.2 Å². The van der Waals surface area contributed by atoms with Crippen molar-refractivity contribution in [1.29, 1.82) is 0 Å². The molecule has 39 heavy (non-hydrogen) atoms. The summed E-state index contributed by atoms with van der Waals surface area (Å²) in [6.45, 7) is 7.84. The van der Waals surface area contributed by atoms with Gasteiger partial charge in [-0.3, -0.25) is 14.8 Å². The summed E-state index contributed by atoms with van der Waals surface area (Å²) in [6, 6.07) is 8.78. The summed E-state index contributed by atoms with van der Waals surface area (Å²) in [5.74, 6) is 1.65. The van der Waals surface area contributed by atoms with Gasteiger partial charge in [0.15, 0.2) is 5.82 Å². The van der Waals surface area contributed by atoms with Crippen LogP contribution in [0.5, 0.6) is 0 Å². The summed E-state index contributed by atoms with van der Waals surface area (Å²) in [5.41, 5.74) is 1.73. The first-order valence-electron chi connectivity index (χ1n) is 13.0. The van der Waals surface area contributed by atoms with E-state index in [-0.39, 0.29) is 18.0 Å². The highest BCUT2D eigenvalue weighted by Gasteiger charge is 2.34. The molecular formula is C27H34N8O4. The van der Waals surface area contributed by atoms with Crippen molar-refractivity contribution in [1.82, 2.24) is 24.6 Å². The van der Waals surface area contributed by atoms with E-state index in [4.69, 9.17) is 14.7 Å². The molecule has 1 saturated heterocycles. The van der Waals surface area contributed by atoms with Gasteiger partial charge in [-0.1, -0.05) is 0 Å². The Bertz CT molecular complexity index is 1370. The topological polar surface area (TPSA) is 138 Å². The average Bonchev–Trinajstić information content (AvgIpc) is 3.31. The fourth-order valence-corrected chi connectivity index (χ4v) is 4.86. The molecule has 12 heteroatoms. The van der Waals surface area contributed by atoms with E-state index >= 15 is 0 Å². The fraction of sp³-hybridized carbons (Fsp3) is 0.444. The molecule has 12 nitrogen and oxygen atoms in total. The van der Waals surface area contributed by atoms with Crippen LogP contribution in [0.4, 0.5) is 22.1 Å². The number of rotatable bonds is 5. The first kappa shape index (κ1) is 26.6. The van der Waals surface area contributed by atoms with E-state index < -0.39 is 5.60 Å². The van der Waals surface area contributed by atoms with Gasteiger partial charge in [-0.15, -0.1) is 0 Å². The van der Waals surface area contributed by atoms with Gasteiger partial charge in [0.2, 0.25) is 0 Å². The fourth-order valence-electron chi connectivity index (χ4n) is 4.86. The number of nitrogens with one attached hydrogen (secondary N) is 2. The molecule has 3 aromatic rings. The van der Waals surface area contributed by atoms with Crippen LogP contribution in [-0.4, -0.2) is 79.6 Å². The Morgan fingerprint density at radius 1 is 1.10 bits per heavy atom. The standard InChI is InChI=1S/C27H34N8O4/c1-17-16-39-14-13-35(17)24-20-10-12-34(25(36)27(2,3)38)15-21(20)30-23(32-24)18-5-7-19(8-6-18)29-26(37)31-22-9-11-28-33(22)4/h5-9,11,17,38H,10,12-16H2,1-4H3,(H2,29,31,37).